The van der Waals surface area contributed by atoms with Gasteiger partial charge >= 0.3 is 0 Å². The van der Waals surface area contributed by atoms with Crippen LogP contribution in [0.25, 0.3) is 10.9 Å². The molecule has 0 amide bonds. The molecule has 20 heavy (non-hydrogen) atoms. The maximum atomic E-state index is 12.6. The fraction of sp³-hybridized carbons (Fsp3) is 0.467. The maximum Gasteiger partial charge on any atom is 0.261 e. The molecule has 1 aromatic heterocycles. The summed E-state index contributed by atoms with van der Waals surface area (Å²) in [6.07, 6.45) is 2.10. The first kappa shape index (κ1) is 13.0. The quantitative estimate of drug-likeness (QED) is 0.843. The molecule has 5 heteroatoms. The van der Waals surface area contributed by atoms with E-state index in [0.29, 0.717) is 28.3 Å². The van der Waals surface area contributed by atoms with Crippen molar-refractivity contribution in [3.8, 4) is 11.5 Å². The highest BCUT2D eigenvalue weighted by molar-refractivity contribution is 5.82. The van der Waals surface area contributed by atoms with Crippen molar-refractivity contribution in [3.63, 3.8) is 0 Å². The maximum absolute atomic E-state index is 12.6. The monoisotopic (exact) mass is 274 g/mol. The summed E-state index contributed by atoms with van der Waals surface area (Å²) in [5, 5.41) is 0.584. The first-order valence-corrected chi connectivity index (χ1v) is 6.82. The number of rotatable bonds is 2. The SMILES string of the molecule is COc1cc2nc3n(c(=O)c2cc1OC)CCCC3C. The minimum Gasteiger partial charge on any atom is -0.493 e. The Morgan fingerprint density at radius 3 is 2.65 bits per heavy atom. The van der Waals surface area contributed by atoms with Gasteiger partial charge in [-0.05, 0) is 18.9 Å². The summed E-state index contributed by atoms with van der Waals surface area (Å²) in [7, 11) is 3.15. The van der Waals surface area contributed by atoms with E-state index in [0.717, 1.165) is 25.2 Å². The third kappa shape index (κ3) is 1.85. The summed E-state index contributed by atoms with van der Waals surface area (Å²) < 4.78 is 12.3. The van der Waals surface area contributed by atoms with Gasteiger partial charge in [-0.2, -0.15) is 0 Å². The van der Waals surface area contributed by atoms with Crippen LogP contribution in [-0.4, -0.2) is 23.8 Å². The summed E-state index contributed by atoms with van der Waals surface area (Å²) in [6.45, 7) is 2.86. The van der Waals surface area contributed by atoms with Gasteiger partial charge < -0.3 is 9.47 Å². The molecular formula is C15H18N2O3. The summed E-state index contributed by atoms with van der Waals surface area (Å²) >= 11 is 0. The molecule has 1 aromatic carbocycles. The van der Waals surface area contributed by atoms with E-state index in [1.807, 2.05) is 0 Å². The predicted molar refractivity (Wildman–Crippen MR) is 76.8 cm³/mol. The van der Waals surface area contributed by atoms with E-state index in [1.54, 1.807) is 30.9 Å². The zero-order valence-electron chi connectivity index (χ0n) is 12.0. The van der Waals surface area contributed by atoms with Gasteiger partial charge in [0, 0.05) is 18.5 Å². The zero-order chi connectivity index (χ0) is 14.3. The summed E-state index contributed by atoms with van der Waals surface area (Å²) in [5.41, 5.74) is 0.685. The first-order valence-electron chi connectivity index (χ1n) is 6.82. The van der Waals surface area contributed by atoms with E-state index in [4.69, 9.17) is 9.47 Å². The van der Waals surface area contributed by atoms with Crippen molar-refractivity contribution in [2.45, 2.75) is 32.2 Å². The molecule has 0 saturated heterocycles. The largest absolute Gasteiger partial charge is 0.493 e. The van der Waals surface area contributed by atoms with Crippen LogP contribution >= 0.6 is 0 Å². The number of ether oxygens (including phenoxy) is 2. The molecule has 106 valence electrons. The van der Waals surface area contributed by atoms with Crippen LogP contribution in [0.4, 0.5) is 0 Å². The van der Waals surface area contributed by atoms with E-state index in [1.165, 1.54) is 0 Å². The highest BCUT2D eigenvalue weighted by atomic mass is 16.5. The highest BCUT2D eigenvalue weighted by Crippen LogP contribution is 2.32. The smallest absolute Gasteiger partial charge is 0.261 e. The molecule has 1 atom stereocenters. The van der Waals surface area contributed by atoms with E-state index >= 15 is 0 Å². The third-order valence-electron chi connectivity index (χ3n) is 3.95. The van der Waals surface area contributed by atoms with Crippen LogP contribution in [0.2, 0.25) is 0 Å². The lowest BCUT2D eigenvalue weighted by molar-refractivity contribution is 0.355. The van der Waals surface area contributed by atoms with Gasteiger partial charge in [-0.3, -0.25) is 9.36 Å². The second-order valence-electron chi connectivity index (χ2n) is 5.19. The highest BCUT2D eigenvalue weighted by Gasteiger charge is 2.21. The summed E-state index contributed by atoms with van der Waals surface area (Å²) in [6, 6.07) is 3.49. The normalized spacial score (nSPS) is 17.9. The van der Waals surface area contributed by atoms with Crippen LogP contribution in [0.15, 0.2) is 16.9 Å². The molecule has 0 bridgehead atoms. The Hall–Kier alpha value is -2.04. The lowest BCUT2D eigenvalue weighted by Gasteiger charge is -2.23. The minimum absolute atomic E-state index is 0.0116. The van der Waals surface area contributed by atoms with Crippen molar-refractivity contribution >= 4 is 10.9 Å². The Morgan fingerprint density at radius 2 is 1.95 bits per heavy atom. The molecule has 0 aliphatic carbocycles. The van der Waals surface area contributed by atoms with Gasteiger partial charge in [0.05, 0.1) is 25.1 Å². The van der Waals surface area contributed by atoms with Crippen molar-refractivity contribution in [1.29, 1.82) is 0 Å². The molecule has 0 radical (unpaired) electrons. The van der Waals surface area contributed by atoms with Crippen molar-refractivity contribution in [2.75, 3.05) is 14.2 Å². The average molecular weight is 274 g/mol. The van der Waals surface area contributed by atoms with E-state index < -0.39 is 0 Å². The molecule has 1 aliphatic rings. The van der Waals surface area contributed by atoms with Gasteiger partial charge in [0.2, 0.25) is 0 Å². The van der Waals surface area contributed by atoms with Crippen LogP contribution in [0, 0.1) is 0 Å². The number of hydrogen-bond donors (Lipinski definition) is 0. The van der Waals surface area contributed by atoms with Gasteiger partial charge in [-0.1, -0.05) is 6.92 Å². The molecule has 1 aliphatic heterocycles. The fourth-order valence-electron chi connectivity index (χ4n) is 2.84. The minimum atomic E-state index is 0.0116. The number of hydrogen-bond acceptors (Lipinski definition) is 4. The first-order chi connectivity index (χ1) is 9.65. The lowest BCUT2D eigenvalue weighted by atomic mass is 10.0. The number of benzene rings is 1. The number of aromatic nitrogens is 2. The summed E-state index contributed by atoms with van der Waals surface area (Å²) in [4.78, 5) is 17.3. The van der Waals surface area contributed by atoms with Crippen molar-refractivity contribution in [2.24, 2.45) is 0 Å². The molecule has 0 saturated carbocycles. The molecule has 1 unspecified atom stereocenters. The van der Waals surface area contributed by atoms with E-state index in [2.05, 4.69) is 11.9 Å². The zero-order valence-corrected chi connectivity index (χ0v) is 12.0. The van der Waals surface area contributed by atoms with Crippen molar-refractivity contribution in [3.05, 3.63) is 28.3 Å². The molecular weight excluding hydrogens is 256 g/mol. The van der Waals surface area contributed by atoms with Gasteiger partial charge in [-0.15, -0.1) is 0 Å². The number of methoxy groups -OCH3 is 2. The Kier molecular flexibility index (Phi) is 3.12. The number of fused-ring (bicyclic) bond motifs is 2. The van der Waals surface area contributed by atoms with Crippen molar-refractivity contribution in [1.82, 2.24) is 9.55 Å². The Labute approximate surface area is 117 Å². The van der Waals surface area contributed by atoms with Crippen LogP contribution in [0.5, 0.6) is 11.5 Å². The molecule has 2 heterocycles. The molecule has 3 rings (SSSR count). The van der Waals surface area contributed by atoms with Gasteiger partial charge in [0.15, 0.2) is 11.5 Å². The average Bonchev–Trinajstić information content (AvgIpc) is 2.47. The molecule has 0 spiro atoms. The predicted octanol–water partition coefficient (Wildman–Crippen LogP) is 2.31. The van der Waals surface area contributed by atoms with Gasteiger partial charge in [-0.25, -0.2) is 4.98 Å². The summed E-state index contributed by atoms with van der Waals surface area (Å²) in [5.74, 6) is 2.35. The molecule has 2 aromatic rings. The van der Waals surface area contributed by atoms with Crippen LogP contribution in [0.3, 0.4) is 0 Å². The van der Waals surface area contributed by atoms with Crippen LogP contribution in [-0.2, 0) is 6.54 Å². The van der Waals surface area contributed by atoms with Crippen molar-refractivity contribution < 1.29 is 9.47 Å². The molecule has 0 N–H and O–H groups in total. The second kappa shape index (κ2) is 4.81. The Morgan fingerprint density at radius 1 is 1.25 bits per heavy atom. The second-order valence-corrected chi connectivity index (χ2v) is 5.19. The third-order valence-corrected chi connectivity index (χ3v) is 3.95. The Balaban J connectivity index is 2.34. The number of nitrogens with zero attached hydrogens (tertiary/aromatic N) is 2. The van der Waals surface area contributed by atoms with Crippen LogP contribution in [0.1, 0.15) is 31.5 Å². The van der Waals surface area contributed by atoms with Gasteiger partial charge in [0.25, 0.3) is 5.56 Å². The standard InChI is InChI=1S/C15H18N2O3/c1-9-5-4-6-17-14(9)16-11-8-13(20-3)12(19-2)7-10(11)15(17)18/h7-9H,4-6H2,1-3H3. The Bertz CT molecular complexity index is 721. The lowest BCUT2D eigenvalue weighted by Crippen LogP contribution is -2.29. The molecule has 0 fully saturated rings. The topological polar surface area (TPSA) is 53.4 Å². The van der Waals surface area contributed by atoms with E-state index in [-0.39, 0.29) is 5.56 Å². The van der Waals surface area contributed by atoms with E-state index in [9.17, 15) is 4.79 Å². The van der Waals surface area contributed by atoms with Crippen LogP contribution < -0.4 is 15.0 Å². The van der Waals surface area contributed by atoms with Gasteiger partial charge in [0.1, 0.15) is 5.82 Å². The molecule has 5 nitrogen and oxygen atoms in total. The fourth-order valence-corrected chi connectivity index (χ4v) is 2.84.